The van der Waals surface area contributed by atoms with Gasteiger partial charge in [0, 0.05) is 38.3 Å². The van der Waals surface area contributed by atoms with Crippen LogP contribution in [0, 0.1) is 0 Å². The second-order valence-electron chi connectivity index (χ2n) is 12.8. The molecule has 0 amide bonds. The van der Waals surface area contributed by atoms with E-state index in [0.29, 0.717) is 0 Å². The van der Waals surface area contributed by atoms with Gasteiger partial charge in [0.15, 0.2) is 5.65 Å². The molecule has 4 heterocycles. The highest BCUT2D eigenvalue weighted by Gasteiger charge is 2.23. The van der Waals surface area contributed by atoms with Crippen LogP contribution in [0.3, 0.4) is 0 Å². The molecule has 0 radical (unpaired) electrons. The number of hydrogen-bond donors (Lipinski definition) is 0. The van der Waals surface area contributed by atoms with Crippen molar-refractivity contribution >= 4 is 71.2 Å². The van der Waals surface area contributed by atoms with Gasteiger partial charge in [-0.2, -0.15) is 0 Å². The highest BCUT2D eigenvalue weighted by molar-refractivity contribution is 6.21. The van der Waals surface area contributed by atoms with Crippen LogP contribution in [0.15, 0.2) is 170 Å². The molecule has 0 aliphatic carbocycles. The number of rotatable bonds is 3. The first-order chi connectivity index (χ1) is 24.3. The van der Waals surface area contributed by atoms with Gasteiger partial charge in [0.1, 0.15) is 11.2 Å². The molecule has 0 spiro atoms. The fraction of sp³-hybridized carbons (Fsp3) is 0. The molecule has 11 aromatic rings. The summed E-state index contributed by atoms with van der Waals surface area (Å²) >= 11 is 0. The summed E-state index contributed by atoms with van der Waals surface area (Å²) < 4.78 is 7.16. The molecule has 11 rings (SSSR count). The van der Waals surface area contributed by atoms with Gasteiger partial charge in [-0.25, -0.2) is 4.98 Å². The van der Waals surface area contributed by atoms with Crippen molar-refractivity contribution in [1.29, 1.82) is 0 Å². The van der Waals surface area contributed by atoms with E-state index >= 15 is 0 Å². The average Bonchev–Trinajstić information content (AvgIpc) is 3.82. The molecule has 0 N–H and O–H groups in total. The number of fused-ring (bicyclic) bond motifs is 13. The van der Waals surface area contributed by atoms with E-state index in [0.717, 1.165) is 50.0 Å². The number of aromatic nitrogens is 4. The Morgan fingerprint density at radius 1 is 0.388 bits per heavy atom. The lowest BCUT2D eigenvalue weighted by Crippen LogP contribution is -1.99. The second kappa shape index (κ2) is 9.93. The summed E-state index contributed by atoms with van der Waals surface area (Å²) in [6.45, 7) is 0. The van der Waals surface area contributed by atoms with Crippen molar-refractivity contribution < 1.29 is 0 Å². The predicted octanol–water partition coefficient (Wildman–Crippen LogP) is 11.5. The molecule has 228 valence electrons. The first-order valence-corrected chi connectivity index (χ1v) is 16.7. The zero-order valence-corrected chi connectivity index (χ0v) is 26.5. The molecule has 0 unspecified atom stereocenters. The van der Waals surface area contributed by atoms with Gasteiger partial charge in [-0.15, -0.1) is 0 Å². The third kappa shape index (κ3) is 3.60. The zero-order valence-electron chi connectivity index (χ0n) is 26.5. The van der Waals surface area contributed by atoms with Gasteiger partial charge in [0.25, 0.3) is 0 Å². The third-order valence-electron chi connectivity index (χ3n) is 10.2. The van der Waals surface area contributed by atoms with Crippen LogP contribution in [0.25, 0.3) is 93.7 Å². The molecular weight excluding hydrogens is 597 g/mol. The Balaban J connectivity index is 1.29. The summed E-state index contributed by atoms with van der Waals surface area (Å²) in [4.78, 5) is 5.42. The quantitative estimate of drug-likeness (QED) is 0.180. The van der Waals surface area contributed by atoms with Crippen LogP contribution < -0.4 is 0 Å². The molecule has 0 aliphatic heterocycles. The summed E-state index contributed by atoms with van der Waals surface area (Å²) in [6.07, 6.45) is 0. The van der Waals surface area contributed by atoms with E-state index in [9.17, 15) is 0 Å². The summed E-state index contributed by atoms with van der Waals surface area (Å²) in [5, 5.41) is 7.22. The molecule has 0 saturated carbocycles. The Morgan fingerprint density at radius 3 is 1.71 bits per heavy atom. The zero-order chi connectivity index (χ0) is 32.1. The molecule has 0 fully saturated rings. The van der Waals surface area contributed by atoms with Crippen LogP contribution >= 0.6 is 0 Å². The van der Waals surface area contributed by atoms with Crippen molar-refractivity contribution in [2.24, 2.45) is 0 Å². The fourth-order valence-electron chi connectivity index (χ4n) is 8.17. The smallest absolute Gasteiger partial charge is 0.151 e. The summed E-state index contributed by atoms with van der Waals surface area (Å²) in [7, 11) is 0. The molecule has 0 saturated heterocycles. The number of benzene rings is 7. The van der Waals surface area contributed by atoms with E-state index in [-0.39, 0.29) is 0 Å². The monoisotopic (exact) mass is 624 g/mol. The van der Waals surface area contributed by atoms with E-state index in [4.69, 9.17) is 4.98 Å². The Hall–Kier alpha value is -6.65. The molecule has 0 atom stereocenters. The van der Waals surface area contributed by atoms with Crippen LogP contribution in [-0.4, -0.2) is 18.5 Å². The van der Waals surface area contributed by atoms with E-state index in [1.54, 1.807) is 0 Å². The fourth-order valence-corrected chi connectivity index (χ4v) is 8.17. The average molecular weight is 625 g/mol. The van der Waals surface area contributed by atoms with Crippen molar-refractivity contribution in [3.05, 3.63) is 170 Å². The van der Waals surface area contributed by atoms with Gasteiger partial charge in [0.2, 0.25) is 0 Å². The van der Waals surface area contributed by atoms with E-state index < -0.39 is 0 Å². The number of para-hydroxylation sites is 4. The topological polar surface area (TPSA) is 27.2 Å². The third-order valence-corrected chi connectivity index (χ3v) is 10.2. The number of nitrogens with zero attached hydrogens (tertiary/aromatic N) is 4. The molecule has 4 aromatic heterocycles. The largest absolute Gasteiger partial charge is 0.309 e. The van der Waals surface area contributed by atoms with Crippen molar-refractivity contribution in [1.82, 2.24) is 18.5 Å². The Bertz CT molecular complexity index is 3090. The molecule has 7 aromatic carbocycles. The summed E-state index contributed by atoms with van der Waals surface area (Å²) in [5.74, 6) is 0. The van der Waals surface area contributed by atoms with E-state index in [2.05, 4.69) is 183 Å². The van der Waals surface area contributed by atoms with Crippen molar-refractivity contribution in [3.63, 3.8) is 0 Å². The Labute approximate surface area is 281 Å². The maximum atomic E-state index is 5.42. The molecule has 0 bridgehead atoms. The minimum atomic E-state index is 0.973. The van der Waals surface area contributed by atoms with Gasteiger partial charge < -0.3 is 4.57 Å². The maximum absolute atomic E-state index is 5.42. The van der Waals surface area contributed by atoms with Crippen LogP contribution in [0.2, 0.25) is 0 Å². The lowest BCUT2D eigenvalue weighted by atomic mass is 9.95. The van der Waals surface area contributed by atoms with Gasteiger partial charge in [0.05, 0.1) is 22.1 Å². The van der Waals surface area contributed by atoms with E-state index in [1.807, 2.05) is 0 Å². The van der Waals surface area contributed by atoms with Crippen molar-refractivity contribution in [3.8, 4) is 22.5 Å². The lowest BCUT2D eigenvalue weighted by molar-refractivity contribution is 1.12. The SMILES string of the molecule is c1ccc(-n2c3ccccc3c3ccc(-c4cccc5c4c4ccccc4c4nc6c7ccccc7n(-c7ccccc7)c6n54)cc32)cc1. The predicted molar refractivity (Wildman–Crippen MR) is 204 cm³/mol. The van der Waals surface area contributed by atoms with Gasteiger partial charge in [-0.3, -0.25) is 8.97 Å². The first kappa shape index (κ1) is 26.4. The van der Waals surface area contributed by atoms with Crippen LogP contribution in [0.5, 0.6) is 0 Å². The molecule has 49 heavy (non-hydrogen) atoms. The number of imidazole rings is 1. The standard InChI is InChI=1S/C45H28N4/c1-3-14-30(15-4-1)47-38-23-11-9-18-33(38)34-27-26-29(28-41(34)47)32-22-13-25-40-42(32)35-19-7-8-20-36(35)44-46-43-37-21-10-12-24-39(37)48(45(43)49(40)44)31-16-5-2-6-17-31/h1-28H. The van der Waals surface area contributed by atoms with Crippen LogP contribution in [0.1, 0.15) is 0 Å². The Kier molecular flexibility index (Phi) is 5.35. The van der Waals surface area contributed by atoms with Gasteiger partial charge in [-0.1, -0.05) is 121 Å². The van der Waals surface area contributed by atoms with Crippen LogP contribution in [-0.2, 0) is 0 Å². The minimum Gasteiger partial charge on any atom is -0.309 e. The second-order valence-corrected chi connectivity index (χ2v) is 12.8. The highest BCUT2D eigenvalue weighted by Crippen LogP contribution is 2.42. The Morgan fingerprint density at radius 2 is 0.959 bits per heavy atom. The van der Waals surface area contributed by atoms with Crippen LogP contribution in [0.4, 0.5) is 0 Å². The summed E-state index contributed by atoms with van der Waals surface area (Å²) in [5.41, 5.74) is 12.4. The minimum absolute atomic E-state index is 0.973. The van der Waals surface area contributed by atoms with Gasteiger partial charge >= 0.3 is 0 Å². The number of pyridine rings is 1. The normalized spacial score (nSPS) is 12.1. The highest BCUT2D eigenvalue weighted by atomic mass is 15.2. The lowest BCUT2D eigenvalue weighted by Gasteiger charge is -2.15. The van der Waals surface area contributed by atoms with E-state index in [1.165, 1.54) is 43.7 Å². The molecule has 4 nitrogen and oxygen atoms in total. The van der Waals surface area contributed by atoms with Crippen molar-refractivity contribution in [2.75, 3.05) is 0 Å². The van der Waals surface area contributed by atoms with Crippen molar-refractivity contribution in [2.45, 2.75) is 0 Å². The first-order valence-electron chi connectivity index (χ1n) is 16.7. The molecule has 0 aliphatic rings. The molecule has 4 heteroatoms. The van der Waals surface area contributed by atoms with Gasteiger partial charge in [-0.05, 0) is 65.0 Å². The molecular formula is C45H28N4. The maximum Gasteiger partial charge on any atom is 0.151 e. The number of hydrogen-bond acceptors (Lipinski definition) is 1. The summed E-state index contributed by atoms with van der Waals surface area (Å²) in [6, 6.07) is 61.1.